The van der Waals surface area contributed by atoms with Crippen LogP contribution in [0.1, 0.15) is 41.5 Å². The van der Waals surface area contributed by atoms with Gasteiger partial charge in [0.2, 0.25) is 5.91 Å². The molecule has 3 aliphatic rings. The fourth-order valence-electron chi connectivity index (χ4n) is 3.64. The van der Waals surface area contributed by atoms with Crippen LogP contribution in [0.5, 0.6) is 0 Å². The molecule has 3 rings (SSSR count). The highest BCUT2D eigenvalue weighted by atomic mass is 16.9. The van der Waals surface area contributed by atoms with Crippen molar-refractivity contribution in [2.45, 2.75) is 96.0 Å². The van der Waals surface area contributed by atoms with Crippen molar-refractivity contribution in [1.29, 1.82) is 0 Å². The Morgan fingerprint density at radius 1 is 1.00 bits per heavy atom. The number of ether oxygens (including phenoxy) is 5. The zero-order chi connectivity index (χ0) is 17.9. The molecule has 0 bridgehead atoms. The van der Waals surface area contributed by atoms with Crippen molar-refractivity contribution >= 4 is 5.91 Å². The predicted octanol–water partition coefficient (Wildman–Crippen LogP) is 0.268. The van der Waals surface area contributed by atoms with Gasteiger partial charge < -0.3 is 34.1 Å². The van der Waals surface area contributed by atoms with E-state index in [4.69, 9.17) is 23.7 Å². The van der Waals surface area contributed by atoms with E-state index in [1.807, 2.05) is 13.8 Å². The summed E-state index contributed by atoms with van der Waals surface area (Å²) in [5.41, 5.74) is 0. The summed E-state index contributed by atoms with van der Waals surface area (Å²) in [5, 5.41) is 12.9. The Morgan fingerprint density at radius 3 is 2.12 bits per heavy atom. The van der Waals surface area contributed by atoms with Crippen molar-refractivity contribution in [3.63, 3.8) is 0 Å². The lowest BCUT2D eigenvalue weighted by Gasteiger charge is -2.41. The first kappa shape index (κ1) is 18.0. The van der Waals surface area contributed by atoms with Crippen LogP contribution >= 0.6 is 0 Å². The molecule has 0 aromatic heterocycles. The van der Waals surface area contributed by atoms with Crippen LogP contribution in [-0.4, -0.2) is 65.4 Å². The monoisotopic (exact) mass is 345 g/mol. The number of carbonyl (C=O) groups is 1. The maximum absolute atomic E-state index is 11.5. The van der Waals surface area contributed by atoms with E-state index in [0.717, 1.165) is 0 Å². The van der Waals surface area contributed by atoms with Crippen LogP contribution in [0.4, 0.5) is 0 Å². The molecule has 138 valence electrons. The summed E-state index contributed by atoms with van der Waals surface area (Å²) in [5.74, 6) is -1.88. The van der Waals surface area contributed by atoms with E-state index in [-0.39, 0.29) is 5.91 Å². The van der Waals surface area contributed by atoms with Gasteiger partial charge in [0.15, 0.2) is 17.9 Å². The van der Waals surface area contributed by atoms with Crippen LogP contribution in [0.2, 0.25) is 0 Å². The number of rotatable bonds is 3. The fourth-order valence-corrected chi connectivity index (χ4v) is 3.64. The average Bonchev–Trinajstić information content (AvgIpc) is 2.89. The summed E-state index contributed by atoms with van der Waals surface area (Å²) in [4.78, 5) is 11.5. The Labute approximate surface area is 141 Å². The average molecular weight is 345 g/mol. The molecule has 0 spiro atoms. The number of aliphatic hydroxyl groups excluding tert-OH is 1. The molecule has 2 N–H and O–H groups in total. The third-order valence-corrected chi connectivity index (χ3v) is 4.43. The van der Waals surface area contributed by atoms with Gasteiger partial charge in [-0.15, -0.1) is 0 Å². The molecule has 0 unspecified atom stereocenters. The summed E-state index contributed by atoms with van der Waals surface area (Å²) >= 11 is 0. The van der Waals surface area contributed by atoms with Gasteiger partial charge in [-0.3, -0.25) is 4.79 Å². The third-order valence-electron chi connectivity index (χ3n) is 4.43. The van der Waals surface area contributed by atoms with Crippen molar-refractivity contribution < 1.29 is 33.6 Å². The summed E-state index contributed by atoms with van der Waals surface area (Å²) in [6.07, 6.45) is -3.46. The number of aliphatic hydroxyl groups is 1. The topological polar surface area (TPSA) is 95.5 Å². The minimum Gasteiger partial charge on any atom is -0.391 e. The highest BCUT2D eigenvalue weighted by molar-refractivity contribution is 5.73. The Bertz CT molecular complexity index is 507. The van der Waals surface area contributed by atoms with Gasteiger partial charge in [-0.25, -0.2) is 0 Å². The van der Waals surface area contributed by atoms with Gasteiger partial charge in [0, 0.05) is 6.92 Å². The molecule has 0 aromatic carbocycles. The van der Waals surface area contributed by atoms with Gasteiger partial charge >= 0.3 is 0 Å². The summed E-state index contributed by atoms with van der Waals surface area (Å²) in [6, 6.07) is -0.652. The molecule has 0 saturated carbocycles. The first-order chi connectivity index (χ1) is 11.0. The van der Waals surface area contributed by atoms with Crippen LogP contribution < -0.4 is 5.32 Å². The zero-order valence-corrected chi connectivity index (χ0v) is 14.9. The van der Waals surface area contributed by atoms with Crippen LogP contribution in [0.3, 0.4) is 0 Å². The van der Waals surface area contributed by atoms with Crippen LogP contribution in [0.25, 0.3) is 0 Å². The van der Waals surface area contributed by atoms with Crippen molar-refractivity contribution in [2.24, 2.45) is 0 Å². The van der Waals surface area contributed by atoms with Crippen molar-refractivity contribution in [1.82, 2.24) is 5.32 Å². The number of carbonyl (C=O) groups excluding carboxylic acids is 1. The Hall–Kier alpha value is -0.770. The Balaban J connectivity index is 1.90. The van der Waals surface area contributed by atoms with E-state index in [9.17, 15) is 9.90 Å². The van der Waals surface area contributed by atoms with Crippen molar-refractivity contribution in [3.8, 4) is 0 Å². The molecule has 3 aliphatic heterocycles. The number of hydrogen-bond acceptors (Lipinski definition) is 7. The van der Waals surface area contributed by atoms with Crippen molar-refractivity contribution in [2.75, 3.05) is 0 Å². The van der Waals surface area contributed by atoms with Crippen LogP contribution in [0.15, 0.2) is 0 Å². The number of nitrogens with one attached hydrogen (secondary N) is 1. The van der Waals surface area contributed by atoms with E-state index >= 15 is 0 Å². The normalized spacial score (nSPS) is 42.0. The molecule has 8 nitrogen and oxygen atoms in total. The van der Waals surface area contributed by atoms with Gasteiger partial charge in [-0.05, 0) is 34.6 Å². The zero-order valence-electron chi connectivity index (χ0n) is 14.9. The van der Waals surface area contributed by atoms with Crippen LogP contribution in [-0.2, 0) is 28.5 Å². The highest BCUT2D eigenvalue weighted by Gasteiger charge is 2.62. The quantitative estimate of drug-likeness (QED) is 0.758. The number of fused-ring (bicyclic) bond motifs is 3. The highest BCUT2D eigenvalue weighted by Crippen LogP contribution is 2.44. The number of amides is 1. The lowest BCUT2D eigenvalue weighted by Crippen LogP contribution is -2.63. The minimum atomic E-state index is -0.834. The molecule has 0 aromatic rings. The van der Waals surface area contributed by atoms with E-state index < -0.39 is 54.4 Å². The lowest BCUT2D eigenvalue weighted by atomic mass is 9.91. The second-order valence-electron chi connectivity index (χ2n) is 7.60. The molecule has 3 saturated heterocycles. The van der Waals surface area contributed by atoms with E-state index in [1.54, 1.807) is 20.8 Å². The molecule has 8 heteroatoms. The standard InChI is InChI=1S/C16H27NO7/c1-7(18)9(17-8(2)19)10-11-12(22-15(3,4)21-11)13-14(20-10)24-16(5,6)23-13/h7,9-14,18H,1-6H3,(H,17,19)/t7-,9+,10-,11+,12+,13-,14-/m1/s1. The smallest absolute Gasteiger partial charge is 0.217 e. The molecule has 7 atom stereocenters. The Morgan fingerprint density at radius 2 is 1.54 bits per heavy atom. The summed E-state index contributed by atoms with van der Waals surface area (Å²) < 4.78 is 29.8. The van der Waals surface area contributed by atoms with Crippen LogP contribution in [0, 0.1) is 0 Å². The third kappa shape index (κ3) is 3.31. The minimum absolute atomic E-state index is 0.259. The Kier molecular flexibility index (Phi) is 4.43. The molecular formula is C16H27NO7. The van der Waals surface area contributed by atoms with E-state index in [2.05, 4.69) is 5.32 Å². The van der Waals surface area contributed by atoms with Gasteiger partial charge in [0.05, 0.1) is 12.1 Å². The SMILES string of the molecule is CC(=O)N[C@H]([C@H]1O[C@@H]2OC(C)(C)O[C@@H]2[C@H]2OC(C)(C)O[C@H]21)[C@@H](C)O. The summed E-state index contributed by atoms with van der Waals surface area (Å²) in [7, 11) is 0. The summed E-state index contributed by atoms with van der Waals surface area (Å²) in [6.45, 7) is 10.2. The molecule has 0 aliphatic carbocycles. The maximum Gasteiger partial charge on any atom is 0.217 e. The van der Waals surface area contributed by atoms with E-state index in [0.29, 0.717) is 0 Å². The van der Waals surface area contributed by atoms with Gasteiger partial charge in [0.1, 0.15) is 24.4 Å². The molecule has 24 heavy (non-hydrogen) atoms. The van der Waals surface area contributed by atoms with E-state index in [1.165, 1.54) is 6.92 Å². The molecule has 0 radical (unpaired) electrons. The van der Waals surface area contributed by atoms with Gasteiger partial charge in [0.25, 0.3) is 0 Å². The number of hydrogen-bond donors (Lipinski definition) is 2. The second-order valence-corrected chi connectivity index (χ2v) is 7.60. The van der Waals surface area contributed by atoms with Crippen molar-refractivity contribution in [3.05, 3.63) is 0 Å². The predicted molar refractivity (Wildman–Crippen MR) is 81.8 cm³/mol. The molecule has 3 heterocycles. The first-order valence-electron chi connectivity index (χ1n) is 8.31. The van der Waals surface area contributed by atoms with Gasteiger partial charge in [-0.1, -0.05) is 0 Å². The second kappa shape index (κ2) is 5.89. The molecular weight excluding hydrogens is 318 g/mol. The lowest BCUT2D eigenvalue weighted by molar-refractivity contribution is -0.244. The van der Waals surface area contributed by atoms with Gasteiger partial charge in [-0.2, -0.15) is 0 Å². The molecule has 3 fully saturated rings. The first-order valence-corrected chi connectivity index (χ1v) is 8.31. The maximum atomic E-state index is 11.5. The molecule has 1 amide bonds. The largest absolute Gasteiger partial charge is 0.391 e. The fraction of sp³-hybridized carbons (Fsp3) is 0.938.